The number of carbonyl (C=O) groups excluding carboxylic acids is 1. The number of nitrogens with one attached hydrogen (secondary N) is 1. The maximum atomic E-state index is 13.3. The smallest absolute Gasteiger partial charge is 0.433 e. The zero-order valence-electron chi connectivity index (χ0n) is 17.0. The molecule has 0 unspecified atom stereocenters. The number of alkyl halides is 3. The predicted octanol–water partition coefficient (Wildman–Crippen LogP) is 4.33. The highest BCUT2D eigenvalue weighted by molar-refractivity contribution is 7.99. The number of aryl methyl sites for hydroxylation is 2. The van der Waals surface area contributed by atoms with Crippen molar-refractivity contribution >= 4 is 23.4 Å². The minimum absolute atomic E-state index is 0.0500. The molecule has 3 rings (SSSR count). The fraction of sp³-hybridized carbons (Fsp3) is 0.300. The van der Waals surface area contributed by atoms with E-state index in [1.165, 1.54) is 7.11 Å². The molecule has 0 spiro atoms. The molecule has 2 heterocycles. The Bertz CT molecular complexity index is 1070. The molecule has 0 radical (unpaired) electrons. The van der Waals surface area contributed by atoms with Crippen molar-refractivity contribution in [1.29, 1.82) is 0 Å². The third kappa shape index (κ3) is 5.97. The zero-order valence-corrected chi connectivity index (χ0v) is 17.8. The van der Waals surface area contributed by atoms with Crippen LogP contribution in [0.15, 0.2) is 41.7 Å². The second-order valence-corrected chi connectivity index (χ2v) is 7.66. The second-order valence-electron chi connectivity index (χ2n) is 6.60. The molecule has 0 saturated heterocycles. The summed E-state index contributed by atoms with van der Waals surface area (Å²) in [6.45, 7) is 1.77. The third-order valence-corrected chi connectivity index (χ3v) is 5.08. The van der Waals surface area contributed by atoms with E-state index in [0.717, 1.165) is 17.8 Å². The number of halogens is 3. The van der Waals surface area contributed by atoms with Gasteiger partial charge in [-0.3, -0.25) is 9.48 Å². The van der Waals surface area contributed by atoms with E-state index in [1.54, 1.807) is 49.1 Å². The summed E-state index contributed by atoms with van der Waals surface area (Å²) in [5.74, 6) is 0.526. The van der Waals surface area contributed by atoms with E-state index in [0.29, 0.717) is 22.7 Å². The molecule has 0 aliphatic heterocycles. The lowest BCUT2D eigenvalue weighted by Crippen LogP contribution is -2.13. The first-order valence-corrected chi connectivity index (χ1v) is 10.2. The SMILES string of the molecule is COc1ccc(-c2cc(C(F)(F)F)nc(SCCC(=O)Nc3cn(C)nc3C)n2)cc1. The Labute approximate surface area is 181 Å². The highest BCUT2D eigenvalue weighted by Crippen LogP contribution is 2.32. The highest BCUT2D eigenvalue weighted by Gasteiger charge is 2.33. The average Bonchev–Trinajstić information content (AvgIpc) is 3.03. The van der Waals surface area contributed by atoms with Crippen LogP contribution in [0, 0.1) is 6.92 Å². The first kappa shape index (κ1) is 22.6. The Morgan fingerprint density at radius 2 is 1.94 bits per heavy atom. The van der Waals surface area contributed by atoms with Crippen molar-refractivity contribution in [3.8, 4) is 17.0 Å². The van der Waals surface area contributed by atoms with Gasteiger partial charge in [-0.2, -0.15) is 18.3 Å². The second kappa shape index (κ2) is 9.38. The van der Waals surface area contributed by atoms with Gasteiger partial charge in [0.25, 0.3) is 0 Å². The molecule has 0 bridgehead atoms. The summed E-state index contributed by atoms with van der Waals surface area (Å²) in [4.78, 5) is 20.0. The van der Waals surface area contributed by atoms with Crippen LogP contribution in [-0.4, -0.2) is 38.5 Å². The molecule has 0 fully saturated rings. The van der Waals surface area contributed by atoms with E-state index in [2.05, 4.69) is 20.4 Å². The van der Waals surface area contributed by atoms with Crippen molar-refractivity contribution < 1.29 is 22.7 Å². The molecule has 0 aliphatic rings. The molecule has 31 heavy (non-hydrogen) atoms. The average molecular weight is 451 g/mol. The largest absolute Gasteiger partial charge is 0.497 e. The Morgan fingerprint density at radius 3 is 2.52 bits per heavy atom. The summed E-state index contributed by atoms with van der Waals surface area (Å²) < 4.78 is 46.6. The summed E-state index contributed by atoms with van der Waals surface area (Å²) in [6, 6.07) is 7.44. The van der Waals surface area contributed by atoms with Crippen molar-refractivity contribution in [2.45, 2.75) is 24.7 Å². The highest BCUT2D eigenvalue weighted by atomic mass is 32.2. The van der Waals surface area contributed by atoms with Crippen LogP contribution in [0.5, 0.6) is 5.75 Å². The van der Waals surface area contributed by atoms with Gasteiger partial charge < -0.3 is 10.1 Å². The van der Waals surface area contributed by atoms with Crippen LogP contribution in [-0.2, 0) is 18.0 Å². The molecule has 164 valence electrons. The van der Waals surface area contributed by atoms with Crippen LogP contribution in [0.25, 0.3) is 11.3 Å². The molecule has 7 nitrogen and oxygen atoms in total. The lowest BCUT2D eigenvalue weighted by molar-refractivity contribution is -0.141. The van der Waals surface area contributed by atoms with Gasteiger partial charge in [-0.15, -0.1) is 0 Å². The summed E-state index contributed by atoms with van der Waals surface area (Å²) in [7, 11) is 3.24. The number of hydrogen-bond acceptors (Lipinski definition) is 6. The van der Waals surface area contributed by atoms with E-state index in [9.17, 15) is 18.0 Å². The zero-order chi connectivity index (χ0) is 22.6. The van der Waals surface area contributed by atoms with Crippen molar-refractivity contribution in [1.82, 2.24) is 19.7 Å². The van der Waals surface area contributed by atoms with Gasteiger partial charge in [0.05, 0.1) is 24.2 Å². The normalized spacial score (nSPS) is 11.4. The Kier molecular flexibility index (Phi) is 6.84. The first-order chi connectivity index (χ1) is 14.7. The summed E-state index contributed by atoms with van der Waals surface area (Å²) in [5.41, 5.74) is 0.873. The van der Waals surface area contributed by atoms with Gasteiger partial charge in [0.15, 0.2) is 5.16 Å². The van der Waals surface area contributed by atoms with Gasteiger partial charge >= 0.3 is 6.18 Å². The van der Waals surface area contributed by atoms with Crippen LogP contribution in [0.4, 0.5) is 18.9 Å². The maximum absolute atomic E-state index is 13.3. The lowest BCUT2D eigenvalue weighted by Gasteiger charge is -2.11. The molecule has 0 saturated carbocycles. The molecule has 2 aromatic heterocycles. The first-order valence-electron chi connectivity index (χ1n) is 9.19. The van der Waals surface area contributed by atoms with Crippen LogP contribution in [0.1, 0.15) is 17.8 Å². The Hall–Kier alpha value is -3.08. The standard InChI is InChI=1S/C20H20F3N5O2S/c1-12-16(11-28(2)27-12)24-18(29)8-9-31-19-25-15(10-17(26-19)20(21,22)23)13-4-6-14(30-3)7-5-13/h4-7,10-11H,8-9H2,1-3H3,(H,24,29). The number of amides is 1. The van der Waals surface area contributed by atoms with Crippen molar-refractivity contribution in [3.63, 3.8) is 0 Å². The number of rotatable bonds is 7. The number of nitrogens with zero attached hydrogens (tertiary/aromatic N) is 4. The van der Waals surface area contributed by atoms with Gasteiger partial charge in [-0.25, -0.2) is 9.97 Å². The number of methoxy groups -OCH3 is 1. The van der Waals surface area contributed by atoms with Gasteiger partial charge in [0.1, 0.15) is 11.4 Å². The van der Waals surface area contributed by atoms with Crippen LogP contribution in [0.2, 0.25) is 0 Å². The number of ether oxygens (including phenoxy) is 1. The van der Waals surface area contributed by atoms with E-state index in [1.807, 2.05) is 0 Å². The lowest BCUT2D eigenvalue weighted by atomic mass is 10.1. The molecule has 3 aromatic rings. The number of anilines is 1. The third-order valence-electron chi connectivity index (χ3n) is 4.23. The monoisotopic (exact) mass is 451 g/mol. The van der Waals surface area contributed by atoms with E-state index in [4.69, 9.17) is 4.74 Å². The van der Waals surface area contributed by atoms with E-state index in [-0.39, 0.29) is 28.9 Å². The summed E-state index contributed by atoms with van der Waals surface area (Å²) in [5, 5.41) is 6.82. The minimum Gasteiger partial charge on any atom is -0.497 e. The molecule has 11 heteroatoms. The summed E-state index contributed by atoms with van der Waals surface area (Å²) >= 11 is 0.987. The molecular weight excluding hydrogens is 431 g/mol. The molecular formula is C20H20F3N5O2S. The Balaban J connectivity index is 1.72. The van der Waals surface area contributed by atoms with E-state index < -0.39 is 11.9 Å². The van der Waals surface area contributed by atoms with Gasteiger partial charge in [0, 0.05) is 31.0 Å². The number of benzene rings is 1. The van der Waals surface area contributed by atoms with Crippen LogP contribution >= 0.6 is 11.8 Å². The number of aromatic nitrogens is 4. The topological polar surface area (TPSA) is 81.9 Å². The fourth-order valence-corrected chi connectivity index (χ4v) is 3.51. The van der Waals surface area contributed by atoms with Crippen molar-refractivity contribution in [2.75, 3.05) is 18.2 Å². The Morgan fingerprint density at radius 1 is 1.23 bits per heavy atom. The molecule has 1 amide bonds. The molecule has 0 aliphatic carbocycles. The predicted molar refractivity (Wildman–Crippen MR) is 111 cm³/mol. The number of carbonyl (C=O) groups is 1. The molecule has 1 N–H and O–H groups in total. The van der Waals surface area contributed by atoms with Crippen molar-refractivity contribution in [2.24, 2.45) is 7.05 Å². The van der Waals surface area contributed by atoms with Crippen molar-refractivity contribution in [3.05, 3.63) is 47.9 Å². The fourth-order valence-electron chi connectivity index (χ4n) is 2.71. The molecule has 0 atom stereocenters. The number of thioether (sulfide) groups is 1. The van der Waals surface area contributed by atoms with Crippen LogP contribution in [0.3, 0.4) is 0 Å². The summed E-state index contributed by atoms with van der Waals surface area (Å²) in [6.07, 6.45) is -2.86. The van der Waals surface area contributed by atoms with Gasteiger partial charge in [-0.05, 0) is 37.3 Å². The number of hydrogen-bond donors (Lipinski definition) is 1. The van der Waals surface area contributed by atoms with Gasteiger partial charge in [-0.1, -0.05) is 11.8 Å². The van der Waals surface area contributed by atoms with E-state index >= 15 is 0 Å². The minimum atomic E-state index is -4.62. The quantitative estimate of drug-likeness (QED) is 0.425. The van der Waals surface area contributed by atoms with Crippen LogP contribution < -0.4 is 10.1 Å². The maximum Gasteiger partial charge on any atom is 0.433 e. The molecule has 1 aromatic carbocycles. The van der Waals surface area contributed by atoms with Gasteiger partial charge in [0.2, 0.25) is 5.91 Å².